The van der Waals surface area contributed by atoms with E-state index >= 15 is 0 Å². The number of hydrogen-bond donors (Lipinski definition) is 0. The van der Waals surface area contributed by atoms with Crippen LogP contribution >= 0.6 is 0 Å². The van der Waals surface area contributed by atoms with Gasteiger partial charge in [0.1, 0.15) is 5.82 Å². The van der Waals surface area contributed by atoms with Crippen molar-refractivity contribution in [3.63, 3.8) is 0 Å². The molecule has 4 rings (SSSR count). The highest BCUT2D eigenvalue weighted by Crippen LogP contribution is 2.18. The first-order valence-corrected chi connectivity index (χ1v) is 9.66. The van der Waals surface area contributed by atoms with Crippen molar-refractivity contribution in [2.75, 3.05) is 31.1 Å². The molecule has 0 N–H and O–H groups in total. The van der Waals surface area contributed by atoms with E-state index in [-0.39, 0.29) is 24.5 Å². The predicted octanol–water partition coefficient (Wildman–Crippen LogP) is 3.55. The van der Waals surface area contributed by atoms with E-state index in [0.717, 1.165) is 29.7 Å². The minimum Gasteiger partial charge on any atom is -0.353 e. The third-order valence-corrected chi connectivity index (χ3v) is 5.24. The molecule has 0 spiro atoms. The van der Waals surface area contributed by atoms with Crippen LogP contribution in [0.2, 0.25) is 0 Å². The van der Waals surface area contributed by atoms with Gasteiger partial charge in [0.15, 0.2) is 5.78 Å². The Kier molecular flexibility index (Phi) is 5.33. The largest absolute Gasteiger partial charge is 0.353 e. The van der Waals surface area contributed by atoms with Crippen LogP contribution < -0.4 is 4.90 Å². The Labute approximate surface area is 164 Å². The second kappa shape index (κ2) is 8.21. The fraction of sp³-hybridized carbons (Fsp3) is 0.261. The monoisotopic (exact) mass is 373 g/mol. The molecule has 0 unspecified atom stereocenters. The van der Waals surface area contributed by atoms with Crippen LogP contribution in [0.25, 0.3) is 10.8 Å². The average Bonchev–Trinajstić information content (AvgIpc) is 2.77. The zero-order valence-corrected chi connectivity index (χ0v) is 15.8. The van der Waals surface area contributed by atoms with Gasteiger partial charge in [0, 0.05) is 50.8 Å². The Bertz CT molecular complexity index is 979. The van der Waals surface area contributed by atoms with Crippen molar-refractivity contribution in [1.82, 2.24) is 9.88 Å². The van der Waals surface area contributed by atoms with Crippen LogP contribution in [0.5, 0.6) is 0 Å². The highest BCUT2D eigenvalue weighted by molar-refractivity contribution is 6.01. The number of hydrogen-bond acceptors (Lipinski definition) is 4. The molecule has 0 saturated carbocycles. The van der Waals surface area contributed by atoms with Gasteiger partial charge in [0.25, 0.3) is 0 Å². The molecule has 0 radical (unpaired) electrons. The summed E-state index contributed by atoms with van der Waals surface area (Å²) in [6.45, 7) is 2.86. The summed E-state index contributed by atoms with van der Waals surface area (Å²) in [5.74, 6) is 1.02. The normalized spacial score (nSPS) is 14.3. The molecule has 1 amide bonds. The van der Waals surface area contributed by atoms with Gasteiger partial charge in [-0.3, -0.25) is 9.59 Å². The van der Waals surface area contributed by atoms with Crippen molar-refractivity contribution in [2.45, 2.75) is 12.8 Å². The minimum atomic E-state index is 0.0197. The standard InChI is InChI=1S/C23H23N3O2/c27-21(20-9-8-18-5-1-2-6-19(18)17-20)10-11-23(28)26-15-13-25(14-16-26)22-7-3-4-12-24-22/h1-9,12,17H,10-11,13-16H2. The molecule has 142 valence electrons. The Morgan fingerprint density at radius 3 is 2.32 bits per heavy atom. The molecular formula is C23H23N3O2. The second-order valence-electron chi connectivity index (χ2n) is 7.04. The van der Waals surface area contributed by atoms with Crippen LogP contribution in [0.3, 0.4) is 0 Å². The lowest BCUT2D eigenvalue weighted by atomic mass is 10.0. The van der Waals surface area contributed by atoms with E-state index in [1.807, 2.05) is 65.6 Å². The van der Waals surface area contributed by atoms with Gasteiger partial charge in [-0.1, -0.05) is 42.5 Å². The van der Waals surface area contributed by atoms with E-state index in [2.05, 4.69) is 9.88 Å². The molecule has 1 aliphatic heterocycles. The van der Waals surface area contributed by atoms with E-state index in [1.165, 1.54) is 0 Å². The highest BCUT2D eigenvalue weighted by atomic mass is 16.2. The smallest absolute Gasteiger partial charge is 0.223 e. The third kappa shape index (κ3) is 4.03. The van der Waals surface area contributed by atoms with Gasteiger partial charge in [0.2, 0.25) is 5.91 Å². The first kappa shape index (κ1) is 18.2. The summed E-state index contributed by atoms with van der Waals surface area (Å²) in [5.41, 5.74) is 0.673. The van der Waals surface area contributed by atoms with Crippen molar-refractivity contribution >= 4 is 28.3 Å². The second-order valence-corrected chi connectivity index (χ2v) is 7.04. The van der Waals surface area contributed by atoms with Crippen LogP contribution in [-0.4, -0.2) is 47.8 Å². The van der Waals surface area contributed by atoms with E-state index in [0.29, 0.717) is 18.7 Å². The van der Waals surface area contributed by atoms with Gasteiger partial charge in [-0.25, -0.2) is 4.98 Å². The van der Waals surface area contributed by atoms with Gasteiger partial charge < -0.3 is 9.80 Å². The lowest BCUT2D eigenvalue weighted by molar-refractivity contribution is -0.131. The first-order valence-electron chi connectivity index (χ1n) is 9.66. The Hall–Kier alpha value is -3.21. The highest BCUT2D eigenvalue weighted by Gasteiger charge is 2.22. The maximum atomic E-state index is 12.5. The van der Waals surface area contributed by atoms with Crippen molar-refractivity contribution in [1.29, 1.82) is 0 Å². The number of carbonyl (C=O) groups is 2. The molecule has 1 aromatic heterocycles. The number of fused-ring (bicyclic) bond motifs is 1. The van der Waals surface area contributed by atoms with Crippen LogP contribution in [0.15, 0.2) is 66.9 Å². The zero-order valence-electron chi connectivity index (χ0n) is 15.8. The number of carbonyl (C=O) groups excluding carboxylic acids is 2. The summed E-state index contributed by atoms with van der Waals surface area (Å²) in [5, 5.41) is 2.16. The van der Waals surface area contributed by atoms with Crippen molar-refractivity contribution in [3.05, 3.63) is 72.4 Å². The number of rotatable bonds is 5. The Balaban J connectivity index is 1.30. The molecule has 28 heavy (non-hydrogen) atoms. The molecule has 0 aliphatic carbocycles. The van der Waals surface area contributed by atoms with Gasteiger partial charge in [-0.05, 0) is 29.0 Å². The fourth-order valence-electron chi connectivity index (χ4n) is 3.61. The molecule has 1 saturated heterocycles. The Morgan fingerprint density at radius 2 is 1.57 bits per heavy atom. The van der Waals surface area contributed by atoms with Crippen molar-refractivity contribution in [3.8, 4) is 0 Å². The third-order valence-electron chi connectivity index (χ3n) is 5.24. The van der Waals surface area contributed by atoms with Gasteiger partial charge in [0.05, 0.1) is 0 Å². The minimum absolute atomic E-state index is 0.0197. The molecule has 2 aromatic carbocycles. The predicted molar refractivity (Wildman–Crippen MR) is 111 cm³/mol. The number of benzene rings is 2. The van der Waals surface area contributed by atoms with Crippen LogP contribution in [-0.2, 0) is 4.79 Å². The number of aromatic nitrogens is 1. The maximum Gasteiger partial charge on any atom is 0.223 e. The summed E-state index contributed by atoms with van der Waals surface area (Å²) in [4.78, 5) is 33.5. The average molecular weight is 373 g/mol. The number of nitrogens with zero attached hydrogens (tertiary/aromatic N) is 3. The Morgan fingerprint density at radius 1 is 0.821 bits per heavy atom. The van der Waals surface area contributed by atoms with Crippen LogP contribution in [0.1, 0.15) is 23.2 Å². The fourth-order valence-corrected chi connectivity index (χ4v) is 3.61. The maximum absolute atomic E-state index is 12.5. The number of amides is 1. The molecule has 2 heterocycles. The zero-order chi connectivity index (χ0) is 19.3. The molecule has 0 bridgehead atoms. The summed E-state index contributed by atoms with van der Waals surface area (Å²) in [6, 6.07) is 19.5. The number of Topliss-reactive ketones (excluding diaryl/α,β-unsaturated/α-hetero) is 1. The lowest BCUT2D eigenvalue weighted by Gasteiger charge is -2.35. The summed E-state index contributed by atoms with van der Waals surface area (Å²) >= 11 is 0. The summed E-state index contributed by atoms with van der Waals surface area (Å²) < 4.78 is 0. The van der Waals surface area contributed by atoms with Gasteiger partial charge in [-0.15, -0.1) is 0 Å². The SMILES string of the molecule is O=C(CCC(=O)N1CCN(c2ccccn2)CC1)c1ccc2ccccc2c1. The van der Waals surface area contributed by atoms with Gasteiger partial charge >= 0.3 is 0 Å². The molecule has 1 fully saturated rings. The van der Waals surface area contributed by atoms with Gasteiger partial charge in [-0.2, -0.15) is 0 Å². The van der Waals surface area contributed by atoms with E-state index in [4.69, 9.17) is 0 Å². The molecule has 5 heteroatoms. The molecule has 5 nitrogen and oxygen atoms in total. The van der Waals surface area contributed by atoms with Crippen molar-refractivity contribution < 1.29 is 9.59 Å². The molecule has 3 aromatic rings. The molecular weight excluding hydrogens is 350 g/mol. The quantitative estimate of drug-likeness (QED) is 0.642. The molecule has 0 atom stereocenters. The van der Waals surface area contributed by atoms with E-state index in [1.54, 1.807) is 6.20 Å². The number of anilines is 1. The number of pyridine rings is 1. The van der Waals surface area contributed by atoms with Crippen molar-refractivity contribution in [2.24, 2.45) is 0 Å². The lowest BCUT2D eigenvalue weighted by Crippen LogP contribution is -2.49. The first-order chi connectivity index (χ1) is 13.7. The number of piperazine rings is 1. The molecule has 1 aliphatic rings. The van der Waals surface area contributed by atoms with Crippen LogP contribution in [0, 0.1) is 0 Å². The summed E-state index contributed by atoms with van der Waals surface area (Å²) in [7, 11) is 0. The summed E-state index contributed by atoms with van der Waals surface area (Å²) in [6.07, 6.45) is 2.29. The van der Waals surface area contributed by atoms with Crippen LogP contribution in [0.4, 0.5) is 5.82 Å². The number of ketones is 1. The van der Waals surface area contributed by atoms with E-state index < -0.39 is 0 Å². The van der Waals surface area contributed by atoms with E-state index in [9.17, 15) is 9.59 Å². The topological polar surface area (TPSA) is 53.5 Å².